The molecule has 0 spiro atoms. The van der Waals surface area contributed by atoms with Crippen LogP contribution in [0.15, 0.2) is 29.3 Å². The zero-order valence-corrected chi connectivity index (χ0v) is 17.6. The van der Waals surface area contributed by atoms with E-state index in [1.807, 2.05) is 18.2 Å². The maximum atomic E-state index is 5.94. The van der Waals surface area contributed by atoms with Gasteiger partial charge in [-0.3, -0.25) is 4.99 Å². The lowest BCUT2D eigenvalue weighted by atomic mass is 9.89. The van der Waals surface area contributed by atoms with Crippen molar-refractivity contribution in [2.75, 3.05) is 60.6 Å². The molecule has 2 rings (SSSR count). The van der Waals surface area contributed by atoms with Gasteiger partial charge in [0, 0.05) is 32.3 Å². The fraction of sp³-hybridized carbons (Fsp3) is 0.667. The van der Waals surface area contributed by atoms with Crippen LogP contribution in [0.4, 0.5) is 0 Å². The Kier molecular flexibility index (Phi) is 8.38. The van der Waals surface area contributed by atoms with Gasteiger partial charge in [0.2, 0.25) is 0 Å². The molecule has 1 saturated heterocycles. The monoisotopic (exact) mass is 376 g/mol. The molecule has 1 aliphatic heterocycles. The second kappa shape index (κ2) is 10.5. The maximum Gasteiger partial charge on any atom is 0.193 e. The molecule has 0 bridgehead atoms. The van der Waals surface area contributed by atoms with E-state index in [4.69, 9.17) is 14.5 Å². The maximum absolute atomic E-state index is 5.94. The lowest BCUT2D eigenvalue weighted by Crippen LogP contribution is -2.52. The molecule has 0 radical (unpaired) electrons. The Bertz CT molecular complexity index is 598. The van der Waals surface area contributed by atoms with Crippen molar-refractivity contribution in [1.29, 1.82) is 0 Å². The van der Waals surface area contributed by atoms with Gasteiger partial charge in [-0.2, -0.15) is 0 Å². The molecule has 6 nitrogen and oxygen atoms in total. The SMILES string of the molecule is CCNC(=NCC1(N(C)C)CCOCC1)N(C)CCOc1ccccc1C. The molecule has 27 heavy (non-hydrogen) atoms. The van der Waals surface area contributed by atoms with E-state index < -0.39 is 0 Å². The van der Waals surface area contributed by atoms with Crippen LogP contribution in [0.3, 0.4) is 0 Å². The van der Waals surface area contributed by atoms with Crippen molar-refractivity contribution >= 4 is 5.96 Å². The third-order valence-corrected chi connectivity index (χ3v) is 5.37. The highest BCUT2D eigenvalue weighted by Crippen LogP contribution is 2.26. The van der Waals surface area contributed by atoms with E-state index in [0.29, 0.717) is 6.61 Å². The minimum atomic E-state index is 0.0808. The molecule has 1 aliphatic rings. The van der Waals surface area contributed by atoms with E-state index in [2.05, 4.69) is 56.2 Å². The smallest absolute Gasteiger partial charge is 0.193 e. The van der Waals surface area contributed by atoms with Crippen LogP contribution in [-0.4, -0.2) is 81.9 Å². The normalized spacial score (nSPS) is 17.0. The Hall–Kier alpha value is -1.79. The number of ether oxygens (including phenoxy) is 2. The van der Waals surface area contributed by atoms with Crippen molar-refractivity contribution < 1.29 is 9.47 Å². The highest BCUT2D eigenvalue weighted by molar-refractivity contribution is 5.79. The average molecular weight is 377 g/mol. The summed E-state index contributed by atoms with van der Waals surface area (Å²) in [5, 5.41) is 3.41. The summed E-state index contributed by atoms with van der Waals surface area (Å²) in [5.41, 5.74) is 1.24. The van der Waals surface area contributed by atoms with E-state index in [1.165, 1.54) is 0 Å². The number of benzene rings is 1. The lowest BCUT2D eigenvalue weighted by molar-refractivity contribution is -0.00263. The molecule has 1 aromatic carbocycles. The fourth-order valence-corrected chi connectivity index (χ4v) is 3.31. The summed E-state index contributed by atoms with van der Waals surface area (Å²) in [5.74, 6) is 1.88. The third-order valence-electron chi connectivity index (χ3n) is 5.37. The van der Waals surface area contributed by atoms with E-state index >= 15 is 0 Å². The van der Waals surface area contributed by atoms with Gasteiger partial charge in [-0.05, 0) is 52.4 Å². The molecule has 152 valence electrons. The van der Waals surface area contributed by atoms with Crippen LogP contribution < -0.4 is 10.1 Å². The van der Waals surface area contributed by atoms with Gasteiger partial charge in [0.1, 0.15) is 12.4 Å². The molecule has 0 amide bonds. The Labute approximate surface area is 164 Å². The summed E-state index contributed by atoms with van der Waals surface area (Å²) < 4.78 is 11.5. The highest BCUT2D eigenvalue weighted by atomic mass is 16.5. The number of hydrogen-bond acceptors (Lipinski definition) is 4. The Balaban J connectivity index is 1.95. The van der Waals surface area contributed by atoms with Gasteiger partial charge in [-0.15, -0.1) is 0 Å². The molecule has 6 heteroatoms. The van der Waals surface area contributed by atoms with Crippen molar-refractivity contribution in [1.82, 2.24) is 15.1 Å². The molecule has 0 aliphatic carbocycles. The zero-order chi connectivity index (χ0) is 19.7. The highest BCUT2D eigenvalue weighted by Gasteiger charge is 2.34. The number of nitrogens with one attached hydrogen (secondary N) is 1. The third kappa shape index (κ3) is 6.11. The molecule has 0 saturated carbocycles. The number of likely N-dealkylation sites (N-methyl/N-ethyl adjacent to an activating group) is 2. The first-order valence-corrected chi connectivity index (χ1v) is 9.91. The van der Waals surface area contributed by atoms with Crippen LogP contribution in [0, 0.1) is 6.92 Å². The molecule has 1 fully saturated rings. The molecular weight excluding hydrogens is 340 g/mol. The molecule has 0 unspecified atom stereocenters. The molecule has 0 atom stereocenters. The second-order valence-electron chi connectivity index (χ2n) is 7.44. The van der Waals surface area contributed by atoms with Gasteiger partial charge in [0.05, 0.1) is 13.1 Å². The molecular formula is C21H36N4O2. The Morgan fingerprint density at radius 3 is 2.56 bits per heavy atom. The van der Waals surface area contributed by atoms with Crippen LogP contribution in [0.2, 0.25) is 0 Å². The summed E-state index contributed by atoms with van der Waals surface area (Å²) in [6, 6.07) is 8.12. The molecule has 1 heterocycles. The summed E-state index contributed by atoms with van der Waals surface area (Å²) in [4.78, 5) is 9.41. The summed E-state index contributed by atoms with van der Waals surface area (Å²) in [6.07, 6.45) is 2.03. The topological polar surface area (TPSA) is 49.3 Å². The number of hydrogen-bond donors (Lipinski definition) is 1. The van der Waals surface area contributed by atoms with E-state index in [1.54, 1.807) is 0 Å². The second-order valence-corrected chi connectivity index (χ2v) is 7.44. The minimum Gasteiger partial charge on any atom is -0.491 e. The Morgan fingerprint density at radius 1 is 1.22 bits per heavy atom. The number of nitrogens with zero attached hydrogens (tertiary/aromatic N) is 3. The predicted octanol–water partition coefficient (Wildman–Crippen LogP) is 2.38. The quantitative estimate of drug-likeness (QED) is 0.558. The summed E-state index contributed by atoms with van der Waals surface area (Å²) in [7, 11) is 6.36. The molecule has 1 N–H and O–H groups in total. The van der Waals surface area contributed by atoms with Gasteiger partial charge in [0.25, 0.3) is 0 Å². The molecule has 0 aromatic heterocycles. The van der Waals surface area contributed by atoms with Crippen LogP contribution in [0.1, 0.15) is 25.3 Å². The summed E-state index contributed by atoms with van der Waals surface area (Å²) >= 11 is 0. The van der Waals surface area contributed by atoms with Gasteiger partial charge in [-0.25, -0.2) is 0 Å². The van der Waals surface area contributed by atoms with Crippen molar-refractivity contribution in [3.63, 3.8) is 0 Å². The van der Waals surface area contributed by atoms with Gasteiger partial charge >= 0.3 is 0 Å². The largest absolute Gasteiger partial charge is 0.491 e. The Morgan fingerprint density at radius 2 is 1.93 bits per heavy atom. The first-order valence-electron chi connectivity index (χ1n) is 9.91. The standard InChI is InChI=1S/C21H36N4O2/c1-6-22-20(23-17-21(24(3)4)11-14-26-15-12-21)25(5)13-16-27-19-10-8-7-9-18(19)2/h7-10H,6,11-17H2,1-5H3,(H,22,23). The van der Waals surface area contributed by atoms with Crippen molar-refractivity contribution in [3.05, 3.63) is 29.8 Å². The predicted molar refractivity (Wildman–Crippen MR) is 112 cm³/mol. The number of guanidine groups is 1. The number of rotatable bonds is 8. The van der Waals surface area contributed by atoms with E-state index in [0.717, 1.165) is 63.0 Å². The number of aliphatic imine (C=N–C) groups is 1. The minimum absolute atomic E-state index is 0.0808. The average Bonchev–Trinajstić information content (AvgIpc) is 2.67. The van der Waals surface area contributed by atoms with Gasteiger partial charge < -0.3 is 24.6 Å². The van der Waals surface area contributed by atoms with Gasteiger partial charge in [0.15, 0.2) is 5.96 Å². The first-order chi connectivity index (χ1) is 13.0. The fourth-order valence-electron chi connectivity index (χ4n) is 3.31. The molecule has 1 aromatic rings. The van der Waals surface area contributed by atoms with Crippen LogP contribution in [0.5, 0.6) is 5.75 Å². The summed E-state index contributed by atoms with van der Waals surface area (Å²) in [6.45, 7) is 8.81. The number of para-hydroxylation sites is 1. The van der Waals surface area contributed by atoms with Gasteiger partial charge in [-0.1, -0.05) is 18.2 Å². The van der Waals surface area contributed by atoms with Crippen LogP contribution in [0.25, 0.3) is 0 Å². The van der Waals surface area contributed by atoms with Crippen LogP contribution in [-0.2, 0) is 4.74 Å². The zero-order valence-electron chi connectivity index (χ0n) is 17.6. The van der Waals surface area contributed by atoms with E-state index in [-0.39, 0.29) is 5.54 Å². The van der Waals surface area contributed by atoms with Crippen molar-refractivity contribution in [2.45, 2.75) is 32.2 Å². The first kappa shape index (κ1) is 21.5. The lowest BCUT2D eigenvalue weighted by Gasteiger charge is -2.42. The van der Waals surface area contributed by atoms with E-state index in [9.17, 15) is 0 Å². The van der Waals surface area contributed by atoms with Crippen LogP contribution >= 0.6 is 0 Å². The van der Waals surface area contributed by atoms with Crippen molar-refractivity contribution in [3.8, 4) is 5.75 Å². The number of aryl methyl sites for hydroxylation is 1. The van der Waals surface area contributed by atoms with Crippen molar-refractivity contribution in [2.24, 2.45) is 4.99 Å².